The molecule has 0 saturated heterocycles. The van der Waals surface area contributed by atoms with Crippen LogP contribution in [0.15, 0.2) is 23.0 Å². The number of rotatable bonds is 2. The molecule has 2 N–H and O–H groups in total. The molecule has 0 amide bonds. The minimum atomic E-state index is -0.216. The first kappa shape index (κ1) is 10.9. The Balaban J connectivity index is 2.81. The molecule has 2 rings (SSSR count). The summed E-state index contributed by atoms with van der Waals surface area (Å²) >= 11 is 0. The van der Waals surface area contributed by atoms with Gasteiger partial charge in [-0.25, -0.2) is 0 Å². The summed E-state index contributed by atoms with van der Waals surface area (Å²) < 4.78 is 0. The second kappa shape index (κ2) is 4.10. The standard InChI is InChI=1S/C13H15NO2/c1-3-9-4-5-10-8(2)11(7-15)13(16)14-12(10)6-9/h4-6,15H,3,7H2,1-2H3,(H,14,16). The van der Waals surface area contributed by atoms with Crippen molar-refractivity contribution >= 4 is 10.9 Å². The molecular weight excluding hydrogens is 202 g/mol. The average molecular weight is 217 g/mol. The van der Waals surface area contributed by atoms with Crippen LogP contribution in [0.4, 0.5) is 0 Å². The maximum Gasteiger partial charge on any atom is 0.254 e. The second-order valence-corrected chi connectivity index (χ2v) is 3.95. The van der Waals surface area contributed by atoms with Crippen LogP contribution in [0.25, 0.3) is 10.9 Å². The predicted octanol–water partition coefficient (Wildman–Crippen LogP) is 1.89. The Morgan fingerprint density at radius 3 is 2.75 bits per heavy atom. The normalized spacial score (nSPS) is 10.9. The van der Waals surface area contributed by atoms with Crippen LogP contribution >= 0.6 is 0 Å². The van der Waals surface area contributed by atoms with Crippen LogP contribution in [0.3, 0.4) is 0 Å². The van der Waals surface area contributed by atoms with Gasteiger partial charge in [-0.05, 0) is 30.5 Å². The van der Waals surface area contributed by atoms with Crippen LogP contribution in [0.1, 0.15) is 23.6 Å². The number of fused-ring (bicyclic) bond motifs is 1. The highest BCUT2D eigenvalue weighted by molar-refractivity contribution is 5.83. The summed E-state index contributed by atoms with van der Waals surface area (Å²) in [5, 5.41) is 10.1. The van der Waals surface area contributed by atoms with Gasteiger partial charge < -0.3 is 10.1 Å². The van der Waals surface area contributed by atoms with E-state index in [0.717, 1.165) is 22.9 Å². The van der Waals surface area contributed by atoms with E-state index in [4.69, 9.17) is 5.11 Å². The van der Waals surface area contributed by atoms with Crippen molar-refractivity contribution in [3.8, 4) is 0 Å². The number of H-pyrrole nitrogens is 1. The molecule has 1 aromatic heterocycles. The summed E-state index contributed by atoms with van der Waals surface area (Å²) in [6.45, 7) is 3.73. The summed E-state index contributed by atoms with van der Waals surface area (Å²) in [6.07, 6.45) is 0.943. The summed E-state index contributed by atoms with van der Waals surface area (Å²) in [7, 11) is 0. The van der Waals surface area contributed by atoms with E-state index in [0.29, 0.717) is 5.56 Å². The predicted molar refractivity (Wildman–Crippen MR) is 64.6 cm³/mol. The third-order valence-electron chi connectivity index (χ3n) is 3.03. The Labute approximate surface area is 93.7 Å². The van der Waals surface area contributed by atoms with Gasteiger partial charge in [-0.3, -0.25) is 4.79 Å². The van der Waals surface area contributed by atoms with Gasteiger partial charge in [0.15, 0.2) is 0 Å². The molecule has 0 aliphatic rings. The van der Waals surface area contributed by atoms with E-state index in [-0.39, 0.29) is 12.2 Å². The third-order valence-corrected chi connectivity index (χ3v) is 3.03. The van der Waals surface area contributed by atoms with Gasteiger partial charge >= 0.3 is 0 Å². The zero-order valence-corrected chi connectivity index (χ0v) is 9.50. The topological polar surface area (TPSA) is 53.1 Å². The van der Waals surface area contributed by atoms with Crippen LogP contribution in [-0.4, -0.2) is 10.1 Å². The molecule has 0 unspecified atom stereocenters. The first-order chi connectivity index (χ1) is 7.67. The molecule has 0 fully saturated rings. The minimum Gasteiger partial charge on any atom is -0.391 e. The Morgan fingerprint density at radius 2 is 2.12 bits per heavy atom. The fourth-order valence-corrected chi connectivity index (χ4v) is 1.96. The Kier molecular flexibility index (Phi) is 2.79. The summed E-state index contributed by atoms with van der Waals surface area (Å²) in [5.74, 6) is 0. The van der Waals surface area contributed by atoms with Crippen molar-refractivity contribution in [1.82, 2.24) is 4.98 Å². The van der Waals surface area contributed by atoms with E-state index in [2.05, 4.69) is 18.0 Å². The van der Waals surface area contributed by atoms with Crippen LogP contribution in [0, 0.1) is 6.92 Å². The van der Waals surface area contributed by atoms with Crippen LogP contribution in [0.5, 0.6) is 0 Å². The van der Waals surface area contributed by atoms with Gasteiger partial charge in [-0.15, -0.1) is 0 Å². The largest absolute Gasteiger partial charge is 0.391 e. The van der Waals surface area contributed by atoms with Crippen molar-refractivity contribution < 1.29 is 5.11 Å². The first-order valence-corrected chi connectivity index (χ1v) is 5.42. The van der Waals surface area contributed by atoms with Crippen molar-refractivity contribution in [2.75, 3.05) is 0 Å². The lowest BCUT2D eigenvalue weighted by Crippen LogP contribution is -2.14. The maximum absolute atomic E-state index is 11.7. The quantitative estimate of drug-likeness (QED) is 0.807. The van der Waals surface area contributed by atoms with Crippen LogP contribution < -0.4 is 5.56 Å². The number of pyridine rings is 1. The highest BCUT2D eigenvalue weighted by Gasteiger charge is 2.07. The van der Waals surface area contributed by atoms with E-state index in [1.807, 2.05) is 19.1 Å². The molecule has 0 saturated carbocycles. The molecule has 1 aromatic carbocycles. The zero-order chi connectivity index (χ0) is 11.7. The SMILES string of the molecule is CCc1ccc2c(C)c(CO)c(=O)[nH]c2c1. The number of aryl methyl sites for hydroxylation is 2. The number of benzene rings is 1. The lowest BCUT2D eigenvalue weighted by Gasteiger charge is -2.07. The summed E-state index contributed by atoms with van der Waals surface area (Å²) in [4.78, 5) is 14.5. The number of aromatic nitrogens is 1. The van der Waals surface area contributed by atoms with Crippen molar-refractivity contribution in [2.45, 2.75) is 26.9 Å². The molecule has 84 valence electrons. The van der Waals surface area contributed by atoms with Crippen molar-refractivity contribution in [1.29, 1.82) is 0 Å². The average Bonchev–Trinajstić information content (AvgIpc) is 2.28. The van der Waals surface area contributed by atoms with Crippen molar-refractivity contribution in [2.24, 2.45) is 0 Å². The van der Waals surface area contributed by atoms with Gasteiger partial charge in [-0.2, -0.15) is 0 Å². The van der Waals surface area contributed by atoms with Gasteiger partial charge in [0.2, 0.25) is 0 Å². The second-order valence-electron chi connectivity index (χ2n) is 3.95. The maximum atomic E-state index is 11.7. The molecule has 0 spiro atoms. The zero-order valence-electron chi connectivity index (χ0n) is 9.50. The summed E-state index contributed by atoms with van der Waals surface area (Å²) in [6, 6.07) is 6.04. The molecule has 0 aliphatic carbocycles. The number of aliphatic hydroxyl groups excluding tert-OH is 1. The van der Waals surface area contributed by atoms with E-state index in [9.17, 15) is 4.79 Å². The molecule has 16 heavy (non-hydrogen) atoms. The van der Waals surface area contributed by atoms with E-state index < -0.39 is 0 Å². The van der Waals surface area contributed by atoms with Crippen molar-refractivity contribution in [3.63, 3.8) is 0 Å². The molecule has 3 heteroatoms. The molecule has 0 aliphatic heterocycles. The number of hydrogen-bond acceptors (Lipinski definition) is 2. The summed E-state index contributed by atoms with van der Waals surface area (Å²) in [5.41, 5.74) is 3.17. The monoisotopic (exact) mass is 217 g/mol. The van der Waals surface area contributed by atoms with E-state index >= 15 is 0 Å². The van der Waals surface area contributed by atoms with Crippen molar-refractivity contribution in [3.05, 3.63) is 45.2 Å². The first-order valence-electron chi connectivity index (χ1n) is 5.42. The Bertz CT molecular complexity index is 584. The van der Waals surface area contributed by atoms with Gasteiger partial charge in [0.1, 0.15) is 0 Å². The molecule has 3 nitrogen and oxygen atoms in total. The van der Waals surface area contributed by atoms with Crippen LogP contribution in [-0.2, 0) is 13.0 Å². The highest BCUT2D eigenvalue weighted by Crippen LogP contribution is 2.19. The van der Waals surface area contributed by atoms with Gasteiger partial charge in [0, 0.05) is 16.5 Å². The van der Waals surface area contributed by atoms with E-state index in [1.165, 1.54) is 5.56 Å². The van der Waals surface area contributed by atoms with E-state index in [1.54, 1.807) is 0 Å². The van der Waals surface area contributed by atoms with Gasteiger partial charge in [0.05, 0.1) is 6.61 Å². The lowest BCUT2D eigenvalue weighted by molar-refractivity contribution is 0.279. The Morgan fingerprint density at radius 1 is 1.38 bits per heavy atom. The molecule has 0 bridgehead atoms. The number of aromatic amines is 1. The number of nitrogens with one attached hydrogen (secondary N) is 1. The molecule has 0 radical (unpaired) electrons. The molecule has 2 aromatic rings. The smallest absolute Gasteiger partial charge is 0.254 e. The molecule has 0 atom stereocenters. The number of aliphatic hydroxyl groups is 1. The highest BCUT2D eigenvalue weighted by atomic mass is 16.3. The molecule has 1 heterocycles. The molecular formula is C13H15NO2. The fourth-order valence-electron chi connectivity index (χ4n) is 1.96. The Hall–Kier alpha value is -1.61. The third kappa shape index (κ3) is 1.63. The number of hydrogen-bond donors (Lipinski definition) is 2. The minimum absolute atomic E-state index is 0.194. The lowest BCUT2D eigenvalue weighted by atomic mass is 10.0. The van der Waals surface area contributed by atoms with Gasteiger partial charge in [-0.1, -0.05) is 19.1 Å². The van der Waals surface area contributed by atoms with Crippen LogP contribution in [0.2, 0.25) is 0 Å². The van der Waals surface area contributed by atoms with Gasteiger partial charge in [0.25, 0.3) is 5.56 Å². The fraction of sp³-hybridized carbons (Fsp3) is 0.308.